The van der Waals surface area contributed by atoms with E-state index in [1.165, 1.54) is 18.4 Å². The summed E-state index contributed by atoms with van der Waals surface area (Å²) >= 11 is 0. The Labute approximate surface area is 118 Å². The summed E-state index contributed by atoms with van der Waals surface area (Å²) in [5, 5.41) is 3.51. The number of nitrogens with one attached hydrogen (secondary N) is 1. The highest BCUT2D eigenvalue weighted by Crippen LogP contribution is 2.14. The maximum absolute atomic E-state index is 5.26. The number of hydrogen-bond donors (Lipinski definition) is 1. The van der Waals surface area contributed by atoms with Gasteiger partial charge in [-0.15, -0.1) is 0 Å². The number of ether oxygens (including phenoxy) is 1. The minimum absolute atomic E-state index is 0.531. The van der Waals surface area contributed by atoms with Crippen LogP contribution >= 0.6 is 0 Å². The Morgan fingerprint density at radius 3 is 2.84 bits per heavy atom. The lowest BCUT2D eigenvalue weighted by Crippen LogP contribution is -2.37. The van der Waals surface area contributed by atoms with E-state index in [1.807, 2.05) is 12.1 Å². The number of benzene rings is 1. The van der Waals surface area contributed by atoms with Crippen molar-refractivity contribution in [3.05, 3.63) is 29.8 Å². The summed E-state index contributed by atoms with van der Waals surface area (Å²) in [6.45, 7) is 7.60. The maximum atomic E-state index is 5.26. The van der Waals surface area contributed by atoms with Gasteiger partial charge in [-0.3, -0.25) is 4.90 Å². The van der Waals surface area contributed by atoms with E-state index in [9.17, 15) is 0 Å². The van der Waals surface area contributed by atoms with Gasteiger partial charge < -0.3 is 10.1 Å². The van der Waals surface area contributed by atoms with E-state index < -0.39 is 0 Å². The second-order valence-corrected chi connectivity index (χ2v) is 5.17. The molecule has 1 aromatic rings. The second kappa shape index (κ2) is 8.94. The van der Waals surface area contributed by atoms with E-state index in [0.29, 0.717) is 6.04 Å². The molecule has 1 atom stereocenters. The predicted molar refractivity (Wildman–Crippen MR) is 81.7 cm³/mol. The molecular formula is C16H28N2O. The summed E-state index contributed by atoms with van der Waals surface area (Å²) in [4.78, 5) is 2.37. The molecule has 0 heterocycles. The number of nitrogens with zero attached hydrogens (tertiary/aromatic N) is 1. The van der Waals surface area contributed by atoms with E-state index in [1.54, 1.807) is 7.11 Å². The quantitative estimate of drug-likeness (QED) is 0.694. The van der Waals surface area contributed by atoms with Crippen molar-refractivity contribution in [3.8, 4) is 5.75 Å². The van der Waals surface area contributed by atoms with Gasteiger partial charge in [0.2, 0.25) is 0 Å². The van der Waals surface area contributed by atoms with E-state index in [4.69, 9.17) is 4.74 Å². The average molecular weight is 264 g/mol. The number of unbranched alkanes of at least 4 members (excludes halogenated alkanes) is 1. The van der Waals surface area contributed by atoms with Crippen LogP contribution in [-0.4, -0.2) is 38.2 Å². The summed E-state index contributed by atoms with van der Waals surface area (Å²) in [5.41, 5.74) is 1.29. The van der Waals surface area contributed by atoms with Crippen molar-refractivity contribution >= 4 is 0 Å². The smallest absolute Gasteiger partial charge is 0.119 e. The fraction of sp³-hybridized carbons (Fsp3) is 0.625. The van der Waals surface area contributed by atoms with E-state index in [2.05, 4.69) is 43.2 Å². The normalized spacial score (nSPS) is 12.7. The fourth-order valence-corrected chi connectivity index (χ4v) is 1.98. The van der Waals surface area contributed by atoms with Crippen LogP contribution in [0.15, 0.2) is 24.3 Å². The first-order valence-electron chi connectivity index (χ1n) is 7.21. The molecule has 0 aliphatic carbocycles. The number of rotatable bonds is 9. The van der Waals surface area contributed by atoms with Crippen molar-refractivity contribution in [2.75, 3.05) is 27.2 Å². The number of likely N-dealkylation sites (N-methyl/N-ethyl adjacent to an activating group) is 1. The van der Waals surface area contributed by atoms with Gasteiger partial charge in [0.25, 0.3) is 0 Å². The zero-order valence-corrected chi connectivity index (χ0v) is 12.8. The third-order valence-electron chi connectivity index (χ3n) is 3.47. The van der Waals surface area contributed by atoms with Crippen LogP contribution in [-0.2, 0) is 6.54 Å². The molecule has 1 rings (SSSR count). The van der Waals surface area contributed by atoms with Gasteiger partial charge in [-0.2, -0.15) is 0 Å². The lowest BCUT2D eigenvalue weighted by molar-refractivity contribution is 0.242. The highest BCUT2D eigenvalue weighted by Gasteiger charge is 2.09. The van der Waals surface area contributed by atoms with Crippen LogP contribution in [0.2, 0.25) is 0 Å². The van der Waals surface area contributed by atoms with Crippen molar-refractivity contribution in [2.45, 2.75) is 39.3 Å². The second-order valence-electron chi connectivity index (χ2n) is 5.17. The van der Waals surface area contributed by atoms with Crippen LogP contribution in [0, 0.1) is 0 Å². The Kier molecular flexibility index (Phi) is 7.53. The summed E-state index contributed by atoms with van der Waals surface area (Å²) in [6, 6.07) is 8.82. The van der Waals surface area contributed by atoms with E-state index in [0.717, 1.165) is 25.4 Å². The van der Waals surface area contributed by atoms with Crippen LogP contribution in [0.1, 0.15) is 32.3 Å². The average Bonchev–Trinajstić information content (AvgIpc) is 2.43. The largest absolute Gasteiger partial charge is 0.497 e. The molecule has 1 aromatic carbocycles. The molecule has 1 N–H and O–H groups in total. The molecule has 0 amide bonds. The Hall–Kier alpha value is -1.06. The standard InChI is InChI=1S/C16H28N2O/c1-5-6-10-17-12-14(2)18(3)13-15-8-7-9-16(11-15)19-4/h7-9,11,14,17H,5-6,10,12-13H2,1-4H3. The van der Waals surface area contributed by atoms with Gasteiger partial charge in [-0.25, -0.2) is 0 Å². The SMILES string of the molecule is CCCCNCC(C)N(C)Cc1cccc(OC)c1. The van der Waals surface area contributed by atoms with Crippen molar-refractivity contribution in [1.29, 1.82) is 0 Å². The molecule has 0 aromatic heterocycles. The van der Waals surface area contributed by atoms with Crippen LogP contribution in [0.3, 0.4) is 0 Å². The minimum Gasteiger partial charge on any atom is -0.497 e. The summed E-state index contributed by atoms with van der Waals surface area (Å²) < 4.78 is 5.26. The highest BCUT2D eigenvalue weighted by molar-refractivity contribution is 5.28. The summed E-state index contributed by atoms with van der Waals surface area (Å²) in [5.74, 6) is 0.930. The van der Waals surface area contributed by atoms with Crippen molar-refractivity contribution in [1.82, 2.24) is 10.2 Å². The monoisotopic (exact) mass is 264 g/mol. The molecule has 1 unspecified atom stereocenters. The molecule has 0 aliphatic heterocycles. The first-order valence-corrected chi connectivity index (χ1v) is 7.21. The van der Waals surface area contributed by atoms with Gasteiger partial charge >= 0.3 is 0 Å². The van der Waals surface area contributed by atoms with Gasteiger partial charge in [0.15, 0.2) is 0 Å². The lowest BCUT2D eigenvalue weighted by Gasteiger charge is -2.25. The summed E-state index contributed by atoms with van der Waals surface area (Å²) in [6.07, 6.45) is 2.51. The molecular weight excluding hydrogens is 236 g/mol. The van der Waals surface area contributed by atoms with E-state index >= 15 is 0 Å². The molecule has 0 saturated heterocycles. The fourth-order valence-electron chi connectivity index (χ4n) is 1.98. The Morgan fingerprint density at radius 2 is 2.16 bits per heavy atom. The maximum Gasteiger partial charge on any atom is 0.119 e. The first kappa shape index (κ1) is 16.0. The molecule has 0 aliphatic rings. The van der Waals surface area contributed by atoms with Crippen molar-refractivity contribution < 1.29 is 4.74 Å². The zero-order valence-electron chi connectivity index (χ0n) is 12.8. The van der Waals surface area contributed by atoms with Crippen molar-refractivity contribution in [3.63, 3.8) is 0 Å². The van der Waals surface area contributed by atoms with Crippen LogP contribution in [0.25, 0.3) is 0 Å². The Bertz CT molecular complexity index is 354. The molecule has 3 heteroatoms. The van der Waals surface area contributed by atoms with Gasteiger partial charge in [0.05, 0.1) is 7.11 Å². The highest BCUT2D eigenvalue weighted by atomic mass is 16.5. The Balaban J connectivity index is 2.37. The molecule has 3 nitrogen and oxygen atoms in total. The third kappa shape index (κ3) is 6.08. The molecule has 0 bridgehead atoms. The van der Waals surface area contributed by atoms with Gasteiger partial charge in [0, 0.05) is 19.1 Å². The molecule has 19 heavy (non-hydrogen) atoms. The van der Waals surface area contributed by atoms with Gasteiger partial charge in [0.1, 0.15) is 5.75 Å². The number of methoxy groups -OCH3 is 1. The lowest BCUT2D eigenvalue weighted by atomic mass is 10.2. The van der Waals surface area contributed by atoms with Crippen molar-refractivity contribution in [2.24, 2.45) is 0 Å². The number of hydrogen-bond acceptors (Lipinski definition) is 3. The predicted octanol–water partition coefficient (Wildman–Crippen LogP) is 2.91. The molecule has 0 fully saturated rings. The molecule has 0 saturated carbocycles. The molecule has 0 radical (unpaired) electrons. The van der Waals surface area contributed by atoms with Gasteiger partial charge in [-0.1, -0.05) is 25.5 Å². The van der Waals surface area contributed by atoms with Crippen LogP contribution < -0.4 is 10.1 Å². The topological polar surface area (TPSA) is 24.5 Å². The summed E-state index contributed by atoms with van der Waals surface area (Å²) in [7, 11) is 3.88. The third-order valence-corrected chi connectivity index (χ3v) is 3.47. The molecule has 0 spiro atoms. The zero-order chi connectivity index (χ0) is 14.1. The minimum atomic E-state index is 0.531. The van der Waals surface area contributed by atoms with Crippen LogP contribution in [0.4, 0.5) is 0 Å². The van der Waals surface area contributed by atoms with Crippen LogP contribution in [0.5, 0.6) is 5.75 Å². The Morgan fingerprint density at radius 1 is 1.37 bits per heavy atom. The molecule has 108 valence electrons. The van der Waals surface area contributed by atoms with Gasteiger partial charge in [-0.05, 0) is 44.6 Å². The van der Waals surface area contributed by atoms with E-state index in [-0.39, 0.29) is 0 Å². The first-order chi connectivity index (χ1) is 9.17.